The largest absolute Gasteiger partial charge is 0.308 e. The van der Waals surface area contributed by atoms with Gasteiger partial charge in [-0.25, -0.2) is 4.98 Å². The van der Waals surface area contributed by atoms with Gasteiger partial charge in [0.25, 0.3) is 0 Å². The number of nitrogens with zero attached hydrogens (tertiary/aromatic N) is 1. The third-order valence-corrected chi connectivity index (χ3v) is 5.17. The molecule has 0 bridgehead atoms. The molecule has 1 aliphatic heterocycles. The highest BCUT2D eigenvalue weighted by Gasteiger charge is 2.22. The molecule has 0 saturated carbocycles. The number of pyridine rings is 1. The summed E-state index contributed by atoms with van der Waals surface area (Å²) in [6.07, 6.45) is 1.62. The Kier molecular flexibility index (Phi) is 4.37. The molecule has 1 aliphatic rings. The molecule has 0 aromatic carbocycles. The van der Waals surface area contributed by atoms with E-state index in [0.29, 0.717) is 10.8 Å². The zero-order chi connectivity index (χ0) is 11.4. The molecule has 1 fully saturated rings. The van der Waals surface area contributed by atoms with E-state index in [1.807, 2.05) is 11.8 Å². The summed E-state index contributed by atoms with van der Waals surface area (Å²) in [4.78, 5) is 15.9. The van der Waals surface area contributed by atoms with Gasteiger partial charge in [0, 0.05) is 23.5 Å². The van der Waals surface area contributed by atoms with Crippen LogP contribution in [0.15, 0.2) is 18.3 Å². The third kappa shape index (κ3) is 3.06. The second-order valence-corrected chi connectivity index (χ2v) is 6.13. The van der Waals surface area contributed by atoms with Crippen molar-refractivity contribution in [2.75, 3.05) is 22.6 Å². The fourth-order valence-electron chi connectivity index (χ4n) is 1.31. The lowest BCUT2D eigenvalue weighted by molar-refractivity contribution is -0.115. The molecule has 1 aromatic rings. The number of halogens is 1. The topological polar surface area (TPSA) is 42.0 Å². The van der Waals surface area contributed by atoms with Crippen LogP contribution in [-0.4, -0.2) is 33.4 Å². The maximum Gasteiger partial charge on any atom is 0.239 e. The Morgan fingerprint density at radius 3 is 3.12 bits per heavy atom. The van der Waals surface area contributed by atoms with Crippen LogP contribution in [0.1, 0.15) is 0 Å². The first-order valence-corrected chi connectivity index (χ1v) is 7.46. The van der Waals surface area contributed by atoms with E-state index in [-0.39, 0.29) is 11.2 Å². The van der Waals surface area contributed by atoms with Crippen LogP contribution in [0.3, 0.4) is 0 Å². The molecule has 1 amide bonds. The zero-order valence-corrected chi connectivity index (χ0v) is 10.9. The lowest BCUT2D eigenvalue weighted by Crippen LogP contribution is -2.30. The lowest BCUT2D eigenvalue weighted by Gasteiger charge is -2.20. The number of hydrogen-bond acceptors (Lipinski definition) is 4. The molecule has 1 saturated heterocycles. The Morgan fingerprint density at radius 1 is 1.56 bits per heavy atom. The van der Waals surface area contributed by atoms with E-state index in [2.05, 4.69) is 10.3 Å². The molecule has 2 rings (SSSR count). The normalized spacial score (nSPS) is 20.4. The number of thioether (sulfide) groups is 2. The van der Waals surface area contributed by atoms with E-state index in [1.165, 1.54) is 0 Å². The van der Waals surface area contributed by atoms with Crippen molar-refractivity contribution < 1.29 is 4.79 Å². The Labute approximate surface area is 108 Å². The second kappa shape index (κ2) is 5.80. The van der Waals surface area contributed by atoms with Crippen molar-refractivity contribution in [1.29, 1.82) is 0 Å². The highest BCUT2D eigenvalue weighted by Crippen LogP contribution is 2.26. The summed E-state index contributed by atoms with van der Waals surface area (Å²) in [5.74, 6) is 3.46. The van der Waals surface area contributed by atoms with Gasteiger partial charge in [-0.3, -0.25) is 4.79 Å². The number of amides is 1. The summed E-state index contributed by atoms with van der Waals surface area (Å²) in [6.45, 7) is 0. The van der Waals surface area contributed by atoms with Crippen LogP contribution in [-0.2, 0) is 4.79 Å². The van der Waals surface area contributed by atoms with Crippen molar-refractivity contribution in [3.63, 3.8) is 0 Å². The van der Waals surface area contributed by atoms with Gasteiger partial charge in [-0.05, 0) is 12.1 Å². The molecule has 86 valence electrons. The molecule has 0 unspecified atom stereocenters. The number of rotatable bonds is 2. The van der Waals surface area contributed by atoms with Gasteiger partial charge in [0.05, 0.1) is 10.3 Å². The molecule has 6 heteroatoms. The molecule has 3 nitrogen and oxygen atoms in total. The van der Waals surface area contributed by atoms with Gasteiger partial charge < -0.3 is 5.32 Å². The SMILES string of the molecule is O=C(Nc1ncccc1Cl)[C@@H]1CSCCS1. The van der Waals surface area contributed by atoms with Gasteiger partial charge in [0.1, 0.15) is 0 Å². The smallest absolute Gasteiger partial charge is 0.239 e. The van der Waals surface area contributed by atoms with Crippen LogP contribution in [0.25, 0.3) is 0 Å². The van der Waals surface area contributed by atoms with Crippen LogP contribution < -0.4 is 5.32 Å². The molecule has 16 heavy (non-hydrogen) atoms. The minimum Gasteiger partial charge on any atom is -0.308 e. The third-order valence-electron chi connectivity index (χ3n) is 2.11. The van der Waals surface area contributed by atoms with Gasteiger partial charge >= 0.3 is 0 Å². The Hall–Kier alpha value is -0.390. The highest BCUT2D eigenvalue weighted by atomic mass is 35.5. The van der Waals surface area contributed by atoms with Crippen molar-refractivity contribution in [2.45, 2.75) is 5.25 Å². The number of carbonyl (C=O) groups excluding carboxylic acids is 1. The maximum absolute atomic E-state index is 11.9. The average molecular weight is 275 g/mol. The van der Waals surface area contributed by atoms with Crippen LogP contribution in [0.4, 0.5) is 5.82 Å². The minimum absolute atomic E-state index is 0.00204. The summed E-state index contributed by atoms with van der Waals surface area (Å²) in [5.41, 5.74) is 0. The number of hydrogen-bond donors (Lipinski definition) is 1. The standard InChI is InChI=1S/C10H11ClN2OS2/c11-7-2-1-3-12-9(7)13-10(14)8-6-15-4-5-16-8/h1-3,8H,4-6H2,(H,12,13,14)/t8-/m0/s1. The molecular weight excluding hydrogens is 264 g/mol. The summed E-state index contributed by atoms with van der Waals surface area (Å²) in [7, 11) is 0. The van der Waals surface area contributed by atoms with Crippen molar-refractivity contribution in [3.05, 3.63) is 23.4 Å². The number of aromatic nitrogens is 1. The van der Waals surface area contributed by atoms with E-state index in [1.54, 1.807) is 30.1 Å². The average Bonchev–Trinajstić information content (AvgIpc) is 2.33. The van der Waals surface area contributed by atoms with Gasteiger partial charge in [-0.1, -0.05) is 11.6 Å². The van der Waals surface area contributed by atoms with Crippen LogP contribution in [0, 0.1) is 0 Å². The summed E-state index contributed by atoms with van der Waals surface area (Å²) in [6, 6.07) is 3.45. The lowest BCUT2D eigenvalue weighted by atomic mass is 10.4. The summed E-state index contributed by atoms with van der Waals surface area (Å²) >= 11 is 9.42. The Morgan fingerprint density at radius 2 is 2.44 bits per heavy atom. The molecule has 0 spiro atoms. The number of nitrogens with one attached hydrogen (secondary N) is 1. The van der Waals surface area contributed by atoms with Gasteiger partial charge in [0.15, 0.2) is 5.82 Å². The van der Waals surface area contributed by atoms with Crippen molar-refractivity contribution in [1.82, 2.24) is 4.98 Å². The monoisotopic (exact) mass is 274 g/mol. The fraction of sp³-hybridized carbons (Fsp3) is 0.400. The molecule has 1 atom stereocenters. The minimum atomic E-state index is -0.00204. The Balaban J connectivity index is 1.99. The molecule has 0 aliphatic carbocycles. The predicted molar refractivity (Wildman–Crippen MR) is 71.4 cm³/mol. The predicted octanol–water partition coefficient (Wildman–Crippen LogP) is 2.52. The van der Waals surface area contributed by atoms with Crippen molar-refractivity contribution in [2.24, 2.45) is 0 Å². The zero-order valence-electron chi connectivity index (χ0n) is 8.48. The fourth-order valence-corrected chi connectivity index (χ4v) is 4.04. The van der Waals surface area contributed by atoms with E-state index in [4.69, 9.17) is 11.6 Å². The highest BCUT2D eigenvalue weighted by molar-refractivity contribution is 8.07. The van der Waals surface area contributed by atoms with E-state index in [0.717, 1.165) is 17.3 Å². The van der Waals surface area contributed by atoms with Crippen molar-refractivity contribution >= 4 is 46.8 Å². The van der Waals surface area contributed by atoms with Gasteiger partial charge in [-0.2, -0.15) is 11.8 Å². The van der Waals surface area contributed by atoms with Gasteiger partial charge in [0.2, 0.25) is 5.91 Å². The van der Waals surface area contributed by atoms with Crippen LogP contribution in [0.2, 0.25) is 5.02 Å². The van der Waals surface area contributed by atoms with Crippen LogP contribution >= 0.6 is 35.1 Å². The summed E-state index contributed by atoms with van der Waals surface area (Å²) < 4.78 is 0. The number of carbonyl (C=O) groups is 1. The first-order valence-electron chi connectivity index (χ1n) is 4.88. The molecule has 1 aromatic heterocycles. The van der Waals surface area contributed by atoms with E-state index in [9.17, 15) is 4.79 Å². The second-order valence-electron chi connectivity index (χ2n) is 3.26. The first-order chi connectivity index (χ1) is 7.77. The molecule has 0 radical (unpaired) electrons. The molecule has 2 heterocycles. The molecular formula is C10H11ClN2OS2. The van der Waals surface area contributed by atoms with Crippen molar-refractivity contribution in [3.8, 4) is 0 Å². The molecule has 1 N–H and O–H groups in total. The van der Waals surface area contributed by atoms with Gasteiger partial charge in [-0.15, -0.1) is 11.8 Å². The van der Waals surface area contributed by atoms with E-state index < -0.39 is 0 Å². The van der Waals surface area contributed by atoms with E-state index >= 15 is 0 Å². The van der Waals surface area contributed by atoms with Crippen LogP contribution in [0.5, 0.6) is 0 Å². The number of anilines is 1. The quantitative estimate of drug-likeness (QED) is 0.900. The summed E-state index contributed by atoms with van der Waals surface area (Å²) in [5, 5.41) is 3.25. The first kappa shape index (κ1) is 12.1. The maximum atomic E-state index is 11.9. The Bertz CT molecular complexity index is 383.